The van der Waals surface area contributed by atoms with E-state index >= 15 is 0 Å². The maximum absolute atomic E-state index is 12.7. The highest BCUT2D eigenvalue weighted by Gasteiger charge is 2.27. The fourth-order valence-electron chi connectivity index (χ4n) is 3.87. The summed E-state index contributed by atoms with van der Waals surface area (Å²) in [6.07, 6.45) is 0. The third-order valence-corrected chi connectivity index (χ3v) is 7.81. The summed E-state index contributed by atoms with van der Waals surface area (Å²) in [6, 6.07) is 24.7. The normalized spacial score (nSPS) is 14.8. The Morgan fingerprint density at radius 2 is 1.52 bits per heavy atom. The van der Waals surface area contributed by atoms with Gasteiger partial charge in [-0.05, 0) is 41.5 Å². The molecule has 0 aromatic heterocycles. The first-order valence-electron chi connectivity index (χ1n) is 10.8. The lowest BCUT2D eigenvalue weighted by Crippen LogP contribution is -2.50. The van der Waals surface area contributed by atoms with Gasteiger partial charge in [0, 0.05) is 49.0 Å². The number of hydrogen-bond donors (Lipinski definition) is 1. The van der Waals surface area contributed by atoms with Crippen molar-refractivity contribution in [3.63, 3.8) is 0 Å². The Kier molecular flexibility index (Phi) is 7.33. The van der Waals surface area contributed by atoms with E-state index in [1.165, 1.54) is 4.31 Å². The molecule has 4 rings (SSSR count). The van der Waals surface area contributed by atoms with E-state index in [0.717, 1.165) is 16.8 Å². The van der Waals surface area contributed by atoms with Crippen LogP contribution in [0.1, 0.15) is 10.4 Å². The van der Waals surface area contributed by atoms with E-state index < -0.39 is 10.0 Å². The molecule has 0 radical (unpaired) electrons. The number of nitrogens with zero attached hydrogens (tertiary/aromatic N) is 2. The summed E-state index contributed by atoms with van der Waals surface area (Å²) in [6.45, 7) is 2.07. The van der Waals surface area contributed by atoms with Gasteiger partial charge in [-0.3, -0.25) is 4.79 Å². The van der Waals surface area contributed by atoms with Crippen LogP contribution < -0.4 is 10.2 Å². The van der Waals surface area contributed by atoms with E-state index in [1.54, 1.807) is 12.1 Å². The van der Waals surface area contributed by atoms with Gasteiger partial charge in [-0.1, -0.05) is 60.1 Å². The molecule has 1 aliphatic rings. The molecule has 1 amide bonds. The molecule has 1 heterocycles. The van der Waals surface area contributed by atoms with Crippen LogP contribution in [0.4, 0.5) is 5.69 Å². The molecule has 0 saturated carbocycles. The van der Waals surface area contributed by atoms with Crippen LogP contribution in [-0.2, 0) is 10.0 Å². The van der Waals surface area contributed by atoms with Crippen molar-refractivity contribution in [2.45, 2.75) is 0 Å². The second kappa shape index (κ2) is 10.4. The van der Waals surface area contributed by atoms with Gasteiger partial charge >= 0.3 is 0 Å². The zero-order valence-corrected chi connectivity index (χ0v) is 19.7. The van der Waals surface area contributed by atoms with Crippen molar-refractivity contribution in [2.24, 2.45) is 0 Å². The monoisotopic (exact) mass is 483 g/mol. The van der Waals surface area contributed by atoms with Crippen LogP contribution in [0.3, 0.4) is 0 Å². The summed E-state index contributed by atoms with van der Waals surface area (Å²) >= 11 is 6.06. The summed E-state index contributed by atoms with van der Waals surface area (Å²) in [5.41, 5.74) is 3.59. The molecule has 1 saturated heterocycles. The van der Waals surface area contributed by atoms with Gasteiger partial charge in [0.15, 0.2) is 0 Å². The van der Waals surface area contributed by atoms with E-state index in [1.807, 2.05) is 66.7 Å². The Balaban J connectivity index is 1.26. The Morgan fingerprint density at radius 1 is 0.848 bits per heavy atom. The molecular formula is C25H26ClN3O3S. The number of carbonyl (C=O) groups is 1. The Hall–Kier alpha value is -2.87. The number of benzene rings is 3. The number of halogens is 1. The molecule has 0 bridgehead atoms. The highest BCUT2D eigenvalue weighted by atomic mass is 35.5. The van der Waals surface area contributed by atoms with Crippen molar-refractivity contribution < 1.29 is 13.2 Å². The van der Waals surface area contributed by atoms with Crippen LogP contribution in [-0.4, -0.2) is 57.1 Å². The van der Waals surface area contributed by atoms with Gasteiger partial charge in [0.05, 0.1) is 5.75 Å². The lowest BCUT2D eigenvalue weighted by atomic mass is 10.0. The molecule has 172 valence electrons. The minimum absolute atomic E-state index is 0.0656. The maximum Gasteiger partial charge on any atom is 0.251 e. The van der Waals surface area contributed by atoms with Gasteiger partial charge in [-0.25, -0.2) is 8.42 Å². The molecule has 0 unspecified atom stereocenters. The smallest absolute Gasteiger partial charge is 0.251 e. The summed E-state index contributed by atoms with van der Waals surface area (Å²) in [5, 5.41) is 3.38. The maximum atomic E-state index is 12.7. The summed E-state index contributed by atoms with van der Waals surface area (Å²) in [5.74, 6) is -0.409. The first-order valence-corrected chi connectivity index (χ1v) is 12.8. The van der Waals surface area contributed by atoms with Gasteiger partial charge in [-0.2, -0.15) is 4.31 Å². The van der Waals surface area contributed by atoms with Gasteiger partial charge in [0.25, 0.3) is 5.91 Å². The molecule has 3 aromatic rings. The molecular weight excluding hydrogens is 458 g/mol. The molecule has 6 nitrogen and oxygen atoms in total. The highest BCUT2D eigenvalue weighted by molar-refractivity contribution is 7.89. The number of anilines is 1. The number of sulfonamides is 1. The van der Waals surface area contributed by atoms with Crippen LogP contribution in [0.2, 0.25) is 5.02 Å². The van der Waals surface area contributed by atoms with E-state index in [9.17, 15) is 13.2 Å². The van der Waals surface area contributed by atoms with E-state index in [4.69, 9.17) is 11.6 Å². The second-order valence-electron chi connectivity index (χ2n) is 7.88. The van der Waals surface area contributed by atoms with Crippen LogP contribution in [0.15, 0.2) is 78.9 Å². The lowest BCUT2D eigenvalue weighted by Gasteiger charge is -2.35. The standard InChI is InChI=1S/C25H26ClN3O3S/c26-23-7-4-8-24(19-23)28-14-16-29(17-15-28)33(31,32)18-13-27-25(30)22-11-9-21(10-12-22)20-5-2-1-3-6-20/h1-12,19H,13-18H2,(H,27,30). The third-order valence-electron chi connectivity index (χ3n) is 5.71. The quantitative estimate of drug-likeness (QED) is 0.553. The van der Waals surface area contributed by atoms with Crippen LogP contribution >= 0.6 is 11.6 Å². The average molecular weight is 484 g/mol. The number of hydrogen-bond acceptors (Lipinski definition) is 4. The summed E-state index contributed by atoms with van der Waals surface area (Å²) in [7, 11) is -3.45. The van der Waals surface area contributed by atoms with Crippen molar-refractivity contribution in [2.75, 3.05) is 43.4 Å². The van der Waals surface area contributed by atoms with Crippen molar-refractivity contribution in [3.05, 3.63) is 89.4 Å². The SMILES string of the molecule is O=C(NCCS(=O)(=O)N1CCN(c2cccc(Cl)c2)CC1)c1ccc(-c2ccccc2)cc1. The predicted octanol–water partition coefficient (Wildman–Crippen LogP) is 3.89. The molecule has 1 aliphatic heterocycles. The van der Waals surface area contributed by atoms with Crippen LogP contribution in [0.5, 0.6) is 0 Å². The van der Waals surface area contributed by atoms with Gasteiger partial charge in [0.1, 0.15) is 0 Å². The Labute approximate surface area is 199 Å². The molecule has 33 heavy (non-hydrogen) atoms. The zero-order chi connectivity index (χ0) is 23.3. The van der Waals surface area contributed by atoms with Gasteiger partial charge in [0.2, 0.25) is 10.0 Å². The zero-order valence-electron chi connectivity index (χ0n) is 18.2. The molecule has 3 aromatic carbocycles. The second-order valence-corrected chi connectivity index (χ2v) is 10.4. The molecule has 1 N–H and O–H groups in total. The number of carbonyl (C=O) groups excluding carboxylic acids is 1. The Bertz CT molecular complexity index is 1190. The number of nitrogens with one attached hydrogen (secondary N) is 1. The molecule has 0 spiro atoms. The van der Waals surface area contributed by atoms with Gasteiger partial charge < -0.3 is 10.2 Å². The van der Waals surface area contributed by atoms with Crippen LogP contribution in [0.25, 0.3) is 11.1 Å². The molecule has 8 heteroatoms. The van der Waals surface area contributed by atoms with Crippen LogP contribution in [0, 0.1) is 0 Å². The summed E-state index contributed by atoms with van der Waals surface area (Å²) in [4.78, 5) is 14.6. The molecule has 0 aliphatic carbocycles. The topological polar surface area (TPSA) is 69.7 Å². The van der Waals surface area contributed by atoms with Crippen molar-refractivity contribution in [3.8, 4) is 11.1 Å². The fraction of sp³-hybridized carbons (Fsp3) is 0.240. The molecule has 1 fully saturated rings. The highest BCUT2D eigenvalue weighted by Crippen LogP contribution is 2.22. The average Bonchev–Trinajstić information content (AvgIpc) is 2.84. The lowest BCUT2D eigenvalue weighted by molar-refractivity contribution is 0.0956. The van der Waals surface area contributed by atoms with Gasteiger partial charge in [-0.15, -0.1) is 0 Å². The van der Waals surface area contributed by atoms with Crippen molar-refractivity contribution in [1.82, 2.24) is 9.62 Å². The number of piperazine rings is 1. The molecule has 0 atom stereocenters. The first-order chi connectivity index (χ1) is 15.9. The minimum Gasteiger partial charge on any atom is -0.369 e. The largest absolute Gasteiger partial charge is 0.369 e. The Morgan fingerprint density at radius 3 is 2.18 bits per heavy atom. The van der Waals surface area contributed by atoms with Crippen molar-refractivity contribution >= 4 is 33.2 Å². The van der Waals surface area contributed by atoms with E-state index in [-0.39, 0.29) is 18.2 Å². The van der Waals surface area contributed by atoms with E-state index in [2.05, 4.69) is 10.2 Å². The number of amides is 1. The van der Waals surface area contributed by atoms with E-state index in [0.29, 0.717) is 36.8 Å². The first kappa shape index (κ1) is 23.3. The van der Waals surface area contributed by atoms with Crippen molar-refractivity contribution in [1.29, 1.82) is 0 Å². The number of rotatable bonds is 7. The third kappa shape index (κ3) is 5.93. The minimum atomic E-state index is -3.45. The fourth-order valence-corrected chi connectivity index (χ4v) is 5.39. The summed E-state index contributed by atoms with van der Waals surface area (Å²) < 4.78 is 27.0. The predicted molar refractivity (Wildman–Crippen MR) is 133 cm³/mol.